The zero-order chi connectivity index (χ0) is 18.1. The third-order valence-electron chi connectivity index (χ3n) is 4.64. The topological polar surface area (TPSA) is 62.7 Å². The van der Waals surface area contributed by atoms with E-state index in [4.69, 9.17) is 9.68 Å². The van der Waals surface area contributed by atoms with Gasteiger partial charge in [-0.15, -0.1) is 0 Å². The van der Waals surface area contributed by atoms with Gasteiger partial charge in [0.25, 0.3) is 0 Å². The molecule has 3 aromatic rings. The number of oxazole rings is 1. The largest absolute Gasteiger partial charge is 0.440 e. The van der Waals surface area contributed by atoms with Crippen molar-refractivity contribution in [2.24, 2.45) is 0 Å². The van der Waals surface area contributed by atoms with Crippen LogP contribution in [0.4, 0.5) is 8.78 Å². The van der Waals surface area contributed by atoms with Gasteiger partial charge in [0.05, 0.1) is 23.5 Å². The maximum absolute atomic E-state index is 13.8. The quantitative estimate of drug-likeness (QED) is 0.636. The van der Waals surface area contributed by atoms with E-state index < -0.39 is 11.6 Å². The van der Waals surface area contributed by atoms with Crippen molar-refractivity contribution in [3.63, 3.8) is 0 Å². The normalized spacial score (nSPS) is 16.6. The first-order valence-electron chi connectivity index (χ1n) is 8.43. The maximum atomic E-state index is 13.8. The van der Waals surface area contributed by atoms with Crippen molar-refractivity contribution in [3.8, 4) is 17.7 Å². The zero-order valence-electron chi connectivity index (χ0n) is 13.9. The van der Waals surface area contributed by atoms with Crippen LogP contribution in [0.2, 0.25) is 0 Å². The molecule has 2 heterocycles. The van der Waals surface area contributed by atoms with Crippen LogP contribution in [0.15, 0.2) is 40.9 Å². The predicted molar refractivity (Wildman–Crippen MR) is 90.2 cm³/mol. The first kappa shape index (κ1) is 16.4. The summed E-state index contributed by atoms with van der Waals surface area (Å²) in [4.78, 5) is 8.52. The lowest BCUT2D eigenvalue weighted by Gasteiger charge is -2.14. The first-order valence-corrected chi connectivity index (χ1v) is 8.43. The molecule has 1 aliphatic carbocycles. The molecule has 4 nitrogen and oxygen atoms in total. The average Bonchev–Trinajstić information content (AvgIpc) is 2.93. The van der Waals surface area contributed by atoms with Crippen molar-refractivity contribution >= 4 is 0 Å². The fourth-order valence-corrected chi connectivity index (χ4v) is 3.39. The number of halogens is 2. The Morgan fingerprint density at radius 2 is 2.04 bits per heavy atom. The Kier molecular flexibility index (Phi) is 4.21. The second-order valence-corrected chi connectivity index (χ2v) is 6.43. The molecule has 0 N–H and O–H groups in total. The van der Waals surface area contributed by atoms with E-state index >= 15 is 0 Å². The fraction of sp³-hybridized carbons (Fsp3) is 0.250. The summed E-state index contributed by atoms with van der Waals surface area (Å²) in [6.07, 6.45) is 4.22. The molecule has 26 heavy (non-hydrogen) atoms. The molecular weight excluding hydrogens is 336 g/mol. The standard InChI is InChI=1S/C20H15F2N3O/c21-15-4-5-18(24-11-15)20-25-17-3-1-2-13(9-19(17)26-20)14-6-12(10-23)7-16(22)8-14/h4-8,11,13H,1-3,9H2. The van der Waals surface area contributed by atoms with E-state index in [9.17, 15) is 8.78 Å². The number of aromatic nitrogens is 2. The zero-order valence-corrected chi connectivity index (χ0v) is 13.9. The summed E-state index contributed by atoms with van der Waals surface area (Å²) in [5.74, 6) is 0.351. The molecule has 0 saturated carbocycles. The van der Waals surface area contributed by atoms with Crippen LogP contribution in [0.25, 0.3) is 11.6 Å². The summed E-state index contributed by atoms with van der Waals surface area (Å²) in [7, 11) is 0. The Labute approximate surface area is 149 Å². The van der Waals surface area contributed by atoms with E-state index in [1.807, 2.05) is 6.07 Å². The van der Waals surface area contributed by atoms with Crippen molar-refractivity contribution in [1.29, 1.82) is 5.26 Å². The van der Waals surface area contributed by atoms with Crippen molar-refractivity contribution in [2.75, 3.05) is 0 Å². The Balaban J connectivity index is 1.65. The van der Waals surface area contributed by atoms with Crippen LogP contribution in [0.3, 0.4) is 0 Å². The molecule has 0 bridgehead atoms. The van der Waals surface area contributed by atoms with Crippen molar-refractivity contribution in [1.82, 2.24) is 9.97 Å². The van der Waals surface area contributed by atoms with Crippen LogP contribution in [-0.4, -0.2) is 9.97 Å². The molecule has 130 valence electrons. The Morgan fingerprint density at radius 3 is 2.81 bits per heavy atom. The number of rotatable bonds is 2. The maximum Gasteiger partial charge on any atom is 0.245 e. The molecule has 0 aliphatic heterocycles. The van der Waals surface area contributed by atoms with Crippen molar-refractivity contribution < 1.29 is 13.2 Å². The summed E-state index contributed by atoms with van der Waals surface area (Å²) < 4.78 is 32.7. The minimum Gasteiger partial charge on any atom is -0.440 e. The number of aryl methyl sites for hydroxylation is 1. The highest BCUT2D eigenvalue weighted by Crippen LogP contribution is 2.34. The summed E-state index contributed by atoms with van der Waals surface area (Å²) in [6.45, 7) is 0. The molecule has 1 aliphatic rings. The minimum atomic E-state index is -0.415. The van der Waals surface area contributed by atoms with Crippen LogP contribution in [0.5, 0.6) is 0 Å². The van der Waals surface area contributed by atoms with Gasteiger partial charge in [-0.2, -0.15) is 5.26 Å². The second-order valence-electron chi connectivity index (χ2n) is 6.43. The molecule has 0 fully saturated rings. The lowest BCUT2D eigenvalue weighted by Crippen LogP contribution is -2.02. The molecule has 0 radical (unpaired) electrons. The Hall–Kier alpha value is -3.07. The highest BCUT2D eigenvalue weighted by atomic mass is 19.1. The number of pyridine rings is 1. The monoisotopic (exact) mass is 351 g/mol. The average molecular weight is 351 g/mol. The van der Waals surface area contributed by atoms with Crippen molar-refractivity contribution in [2.45, 2.75) is 31.6 Å². The highest BCUT2D eigenvalue weighted by molar-refractivity contribution is 5.47. The van der Waals surface area contributed by atoms with Gasteiger partial charge in [-0.05, 0) is 61.1 Å². The van der Waals surface area contributed by atoms with Gasteiger partial charge in [0, 0.05) is 6.42 Å². The molecule has 0 spiro atoms. The molecule has 1 aromatic carbocycles. The third kappa shape index (κ3) is 3.21. The predicted octanol–water partition coefficient (Wildman–Crippen LogP) is 4.55. The lowest BCUT2D eigenvalue weighted by atomic mass is 9.91. The SMILES string of the molecule is N#Cc1cc(F)cc(C2CCCc3nc(-c4ccc(F)cn4)oc3C2)c1. The fourth-order valence-electron chi connectivity index (χ4n) is 3.39. The number of fused-ring (bicyclic) bond motifs is 1. The van der Waals surface area contributed by atoms with Gasteiger partial charge in [-0.1, -0.05) is 0 Å². The smallest absolute Gasteiger partial charge is 0.245 e. The van der Waals surface area contributed by atoms with Crippen LogP contribution in [0.1, 0.15) is 41.3 Å². The Morgan fingerprint density at radius 1 is 1.15 bits per heavy atom. The van der Waals surface area contributed by atoms with Crippen LogP contribution >= 0.6 is 0 Å². The van der Waals surface area contributed by atoms with E-state index in [-0.39, 0.29) is 5.92 Å². The minimum absolute atomic E-state index is 0.0565. The van der Waals surface area contributed by atoms with E-state index in [2.05, 4.69) is 9.97 Å². The van der Waals surface area contributed by atoms with Crippen LogP contribution in [-0.2, 0) is 12.8 Å². The van der Waals surface area contributed by atoms with Crippen LogP contribution < -0.4 is 0 Å². The van der Waals surface area contributed by atoms with E-state index in [0.717, 1.165) is 42.5 Å². The van der Waals surface area contributed by atoms with Gasteiger partial charge in [0.15, 0.2) is 0 Å². The third-order valence-corrected chi connectivity index (χ3v) is 4.64. The van der Waals surface area contributed by atoms with Gasteiger partial charge in [-0.3, -0.25) is 0 Å². The summed E-state index contributed by atoms with van der Waals surface area (Å²) in [6, 6.07) is 9.29. The number of benzene rings is 1. The summed E-state index contributed by atoms with van der Waals surface area (Å²) >= 11 is 0. The van der Waals surface area contributed by atoms with Gasteiger partial charge in [-0.25, -0.2) is 18.7 Å². The number of nitriles is 1. The summed E-state index contributed by atoms with van der Waals surface area (Å²) in [5, 5.41) is 9.07. The summed E-state index contributed by atoms with van der Waals surface area (Å²) in [5.41, 5.74) is 2.46. The number of hydrogen-bond acceptors (Lipinski definition) is 4. The molecule has 2 aromatic heterocycles. The first-order chi connectivity index (χ1) is 12.6. The second kappa shape index (κ2) is 6.68. The number of hydrogen-bond donors (Lipinski definition) is 0. The van der Waals surface area contributed by atoms with Gasteiger partial charge in [0.2, 0.25) is 5.89 Å². The van der Waals surface area contributed by atoms with Gasteiger partial charge in [0.1, 0.15) is 23.1 Å². The molecule has 0 amide bonds. The molecule has 1 atom stereocenters. The molecule has 6 heteroatoms. The number of nitrogens with zero attached hydrogens (tertiary/aromatic N) is 3. The lowest BCUT2D eigenvalue weighted by molar-refractivity contribution is 0.485. The highest BCUT2D eigenvalue weighted by Gasteiger charge is 2.24. The van der Waals surface area contributed by atoms with E-state index in [1.54, 1.807) is 6.07 Å². The Bertz CT molecular complexity index is 989. The van der Waals surface area contributed by atoms with E-state index in [0.29, 0.717) is 23.6 Å². The van der Waals surface area contributed by atoms with Gasteiger partial charge < -0.3 is 4.42 Å². The van der Waals surface area contributed by atoms with Crippen molar-refractivity contribution in [3.05, 3.63) is 70.7 Å². The van der Waals surface area contributed by atoms with Gasteiger partial charge >= 0.3 is 0 Å². The van der Waals surface area contributed by atoms with Crippen LogP contribution in [0, 0.1) is 23.0 Å². The molecular formula is C20H15F2N3O. The molecule has 0 saturated heterocycles. The molecule has 1 unspecified atom stereocenters. The molecule has 4 rings (SSSR count). The van der Waals surface area contributed by atoms with E-state index in [1.165, 1.54) is 24.3 Å².